The molecule has 1 aromatic rings. The summed E-state index contributed by atoms with van der Waals surface area (Å²) in [5.41, 5.74) is 2.57. The quantitative estimate of drug-likeness (QED) is 0.540. The van der Waals surface area contributed by atoms with Crippen LogP contribution in [0.2, 0.25) is 0 Å². The maximum Gasteiger partial charge on any atom is 0.191 e. The zero-order valence-electron chi connectivity index (χ0n) is 12.1. The first-order valence-electron chi connectivity index (χ1n) is 6.87. The van der Waals surface area contributed by atoms with Crippen molar-refractivity contribution in [2.75, 3.05) is 26.2 Å². The van der Waals surface area contributed by atoms with Crippen molar-refractivity contribution in [1.82, 2.24) is 10.6 Å². The van der Waals surface area contributed by atoms with Gasteiger partial charge in [0.1, 0.15) is 0 Å². The van der Waals surface area contributed by atoms with E-state index >= 15 is 0 Å². The van der Waals surface area contributed by atoms with Crippen molar-refractivity contribution in [3.8, 4) is 0 Å². The maximum atomic E-state index is 8.82. The second kappa shape index (κ2) is 8.53. The summed E-state index contributed by atoms with van der Waals surface area (Å²) >= 11 is 0. The van der Waals surface area contributed by atoms with E-state index in [1.807, 2.05) is 6.92 Å². The van der Waals surface area contributed by atoms with Crippen molar-refractivity contribution in [2.45, 2.75) is 26.7 Å². The van der Waals surface area contributed by atoms with Crippen LogP contribution in [0.25, 0.3) is 0 Å². The zero-order chi connectivity index (χ0) is 14.1. The Morgan fingerprint density at radius 2 is 1.95 bits per heavy atom. The van der Waals surface area contributed by atoms with Gasteiger partial charge in [0, 0.05) is 25.6 Å². The minimum atomic E-state index is 0.109. The number of guanidine groups is 1. The van der Waals surface area contributed by atoms with Gasteiger partial charge in [0.05, 0.1) is 6.61 Å². The van der Waals surface area contributed by atoms with Gasteiger partial charge in [-0.3, -0.25) is 4.99 Å². The number of aryl methyl sites for hydroxylation is 1. The van der Waals surface area contributed by atoms with Crippen LogP contribution in [0, 0.1) is 6.92 Å². The van der Waals surface area contributed by atoms with Gasteiger partial charge in [-0.05, 0) is 19.4 Å². The molecule has 0 amide bonds. The number of nitrogens with zero attached hydrogens (tertiary/aromatic N) is 1. The summed E-state index contributed by atoms with van der Waals surface area (Å²) in [6.45, 7) is 8.46. The molecular formula is C15H25N3O. The predicted octanol–water partition coefficient (Wildman–Crippen LogP) is 1.65. The SMILES string of the molecule is CCNC(=NCC(C)c1ccc(C)cc1)NCCO. The summed E-state index contributed by atoms with van der Waals surface area (Å²) in [4.78, 5) is 4.53. The fourth-order valence-corrected chi connectivity index (χ4v) is 1.74. The van der Waals surface area contributed by atoms with E-state index in [2.05, 4.69) is 53.7 Å². The molecule has 19 heavy (non-hydrogen) atoms. The van der Waals surface area contributed by atoms with Gasteiger partial charge in [-0.25, -0.2) is 0 Å². The second-order valence-electron chi connectivity index (χ2n) is 4.68. The van der Waals surface area contributed by atoms with Crippen LogP contribution in [-0.4, -0.2) is 37.3 Å². The molecule has 0 heterocycles. The number of aliphatic imine (C=N–C) groups is 1. The van der Waals surface area contributed by atoms with E-state index in [-0.39, 0.29) is 6.61 Å². The molecule has 1 rings (SSSR count). The van der Waals surface area contributed by atoms with E-state index < -0.39 is 0 Å². The van der Waals surface area contributed by atoms with E-state index in [4.69, 9.17) is 5.11 Å². The Balaban J connectivity index is 2.57. The number of nitrogens with one attached hydrogen (secondary N) is 2. The Kier molecular flexibility index (Phi) is 6.97. The average Bonchev–Trinajstić information content (AvgIpc) is 2.42. The summed E-state index contributed by atoms with van der Waals surface area (Å²) in [5, 5.41) is 15.1. The first kappa shape index (κ1) is 15.5. The predicted molar refractivity (Wildman–Crippen MR) is 80.7 cm³/mol. The van der Waals surface area contributed by atoms with E-state index in [9.17, 15) is 0 Å². The van der Waals surface area contributed by atoms with Gasteiger partial charge in [0.2, 0.25) is 0 Å². The van der Waals surface area contributed by atoms with Crippen LogP contribution >= 0.6 is 0 Å². The van der Waals surface area contributed by atoms with Crippen LogP contribution in [0.15, 0.2) is 29.3 Å². The summed E-state index contributed by atoms with van der Waals surface area (Å²) in [7, 11) is 0. The number of aliphatic hydroxyl groups is 1. The largest absolute Gasteiger partial charge is 0.395 e. The molecule has 0 spiro atoms. The molecule has 1 atom stereocenters. The lowest BCUT2D eigenvalue weighted by molar-refractivity contribution is 0.300. The van der Waals surface area contributed by atoms with Crippen molar-refractivity contribution < 1.29 is 5.11 Å². The Morgan fingerprint density at radius 1 is 1.26 bits per heavy atom. The maximum absolute atomic E-state index is 8.82. The molecule has 0 bridgehead atoms. The van der Waals surface area contributed by atoms with Gasteiger partial charge in [-0.15, -0.1) is 0 Å². The van der Waals surface area contributed by atoms with E-state index in [1.54, 1.807) is 0 Å². The Labute approximate surface area is 116 Å². The molecule has 1 aromatic carbocycles. The van der Waals surface area contributed by atoms with Gasteiger partial charge < -0.3 is 15.7 Å². The lowest BCUT2D eigenvalue weighted by atomic mass is 10.0. The molecule has 3 N–H and O–H groups in total. The fourth-order valence-electron chi connectivity index (χ4n) is 1.74. The number of hydrogen-bond acceptors (Lipinski definition) is 2. The third-order valence-corrected chi connectivity index (χ3v) is 2.92. The smallest absolute Gasteiger partial charge is 0.191 e. The minimum Gasteiger partial charge on any atom is -0.395 e. The van der Waals surface area contributed by atoms with Crippen LogP contribution in [-0.2, 0) is 0 Å². The average molecular weight is 263 g/mol. The third kappa shape index (κ3) is 5.75. The highest BCUT2D eigenvalue weighted by Crippen LogP contribution is 2.15. The Morgan fingerprint density at radius 3 is 2.53 bits per heavy atom. The highest BCUT2D eigenvalue weighted by molar-refractivity contribution is 5.79. The van der Waals surface area contributed by atoms with Crippen LogP contribution < -0.4 is 10.6 Å². The van der Waals surface area contributed by atoms with Crippen LogP contribution in [0.4, 0.5) is 0 Å². The first-order valence-corrected chi connectivity index (χ1v) is 6.87. The molecule has 0 aromatic heterocycles. The van der Waals surface area contributed by atoms with Crippen molar-refractivity contribution in [2.24, 2.45) is 4.99 Å². The monoisotopic (exact) mass is 263 g/mol. The number of benzene rings is 1. The molecule has 0 fully saturated rings. The lowest BCUT2D eigenvalue weighted by Gasteiger charge is -2.13. The zero-order valence-corrected chi connectivity index (χ0v) is 12.1. The summed E-state index contributed by atoms with van der Waals surface area (Å²) in [5.74, 6) is 1.14. The van der Waals surface area contributed by atoms with E-state index in [1.165, 1.54) is 11.1 Å². The molecule has 106 valence electrons. The standard InChI is InChI=1S/C15H25N3O/c1-4-16-15(17-9-10-19)18-11-13(3)14-7-5-12(2)6-8-14/h5-8,13,19H,4,9-11H2,1-3H3,(H2,16,17,18). The number of hydrogen-bond donors (Lipinski definition) is 3. The first-order chi connectivity index (χ1) is 9.17. The molecule has 0 aliphatic carbocycles. The Bertz CT molecular complexity index is 387. The fraction of sp³-hybridized carbons (Fsp3) is 0.533. The third-order valence-electron chi connectivity index (χ3n) is 2.92. The number of aliphatic hydroxyl groups excluding tert-OH is 1. The summed E-state index contributed by atoms with van der Waals surface area (Å²) < 4.78 is 0. The minimum absolute atomic E-state index is 0.109. The molecule has 0 aliphatic heterocycles. The van der Waals surface area contributed by atoms with Crippen LogP contribution in [0.1, 0.15) is 30.9 Å². The molecule has 0 saturated carbocycles. The molecule has 4 nitrogen and oxygen atoms in total. The molecule has 0 aliphatic rings. The van der Waals surface area contributed by atoms with Crippen molar-refractivity contribution in [3.63, 3.8) is 0 Å². The molecule has 1 unspecified atom stereocenters. The Hall–Kier alpha value is -1.55. The van der Waals surface area contributed by atoms with Crippen LogP contribution in [0.5, 0.6) is 0 Å². The highest BCUT2D eigenvalue weighted by Gasteiger charge is 2.05. The van der Waals surface area contributed by atoms with Crippen molar-refractivity contribution in [1.29, 1.82) is 0 Å². The van der Waals surface area contributed by atoms with Gasteiger partial charge in [-0.1, -0.05) is 36.8 Å². The topological polar surface area (TPSA) is 56.7 Å². The highest BCUT2D eigenvalue weighted by atomic mass is 16.3. The van der Waals surface area contributed by atoms with E-state index in [0.717, 1.165) is 19.0 Å². The molecular weight excluding hydrogens is 238 g/mol. The van der Waals surface area contributed by atoms with E-state index in [0.29, 0.717) is 12.5 Å². The van der Waals surface area contributed by atoms with Crippen molar-refractivity contribution in [3.05, 3.63) is 35.4 Å². The summed E-state index contributed by atoms with van der Waals surface area (Å²) in [6.07, 6.45) is 0. The normalized spacial score (nSPS) is 13.2. The molecule has 4 heteroatoms. The van der Waals surface area contributed by atoms with Crippen LogP contribution in [0.3, 0.4) is 0 Å². The molecule has 0 saturated heterocycles. The van der Waals surface area contributed by atoms with Crippen molar-refractivity contribution >= 4 is 5.96 Å². The molecule has 0 radical (unpaired) electrons. The van der Waals surface area contributed by atoms with Gasteiger partial charge >= 0.3 is 0 Å². The number of rotatable bonds is 6. The second-order valence-corrected chi connectivity index (χ2v) is 4.68. The van der Waals surface area contributed by atoms with Gasteiger partial charge in [-0.2, -0.15) is 0 Å². The summed E-state index contributed by atoms with van der Waals surface area (Å²) in [6, 6.07) is 8.57. The van der Waals surface area contributed by atoms with Gasteiger partial charge in [0.25, 0.3) is 0 Å². The van der Waals surface area contributed by atoms with Gasteiger partial charge in [0.15, 0.2) is 5.96 Å². The lowest BCUT2D eigenvalue weighted by Crippen LogP contribution is -2.38.